The molecule has 0 saturated heterocycles. The maximum Gasteiger partial charge on any atom is 0.244 e. The third kappa shape index (κ3) is 3.59. The predicted molar refractivity (Wildman–Crippen MR) is 65.2 cm³/mol. The fraction of sp³-hybridized carbons (Fsp3) is 0.545. The van der Waals surface area contributed by atoms with Crippen molar-refractivity contribution in [3.8, 4) is 0 Å². The Labute approximate surface area is 99.7 Å². The van der Waals surface area contributed by atoms with Crippen LogP contribution in [0.4, 0.5) is 0 Å². The molecule has 2 atom stereocenters. The quantitative estimate of drug-likeness (QED) is 0.808. The molecule has 0 saturated carbocycles. The maximum absolute atomic E-state index is 11.9. The van der Waals surface area contributed by atoms with E-state index in [1.165, 1.54) is 11.3 Å². The Kier molecular flexibility index (Phi) is 4.92. The molecule has 0 radical (unpaired) electrons. The SMILES string of the molecule is CC(O)CCN(C)C(=O)C(N)c1cccs1. The number of nitrogens with two attached hydrogens (primary N) is 1. The Morgan fingerprint density at radius 2 is 2.38 bits per heavy atom. The first-order chi connectivity index (χ1) is 7.52. The summed E-state index contributed by atoms with van der Waals surface area (Å²) >= 11 is 1.48. The number of aliphatic hydroxyl groups is 1. The van der Waals surface area contributed by atoms with Crippen molar-refractivity contribution in [3.05, 3.63) is 22.4 Å². The van der Waals surface area contributed by atoms with E-state index in [2.05, 4.69) is 0 Å². The lowest BCUT2D eigenvalue weighted by molar-refractivity contribution is -0.131. The number of aliphatic hydroxyl groups excluding tert-OH is 1. The highest BCUT2D eigenvalue weighted by Gasteiger charge is 2.20. The molecule has 0 spiro atoms. The molecule has 0 bridgehead atoms. The van der Waals surface area contributed by atoms with Gasteiger partial charge in [0.05, 0.1) is 6.10 Å². The Morgan fingerprint density at radius 1 is 1.69 bits per heavy atom. The molecule has 5 heteroatoms. The molecule has 0 aliphatic heterocycles. The molecule has 2 unspecified atom stereocenters. The monoisotopic (exact) mass is 242 g/mol. The summed E-state index contributed by atoms with van der Waals surface area (Å²) in [6, 6.07) is 3.15. The molecule has 1 rings (SSSR count). The third-order valence-corrected chi connectivity index (χ3v) is 3.33. The first kappa shape index (κ1) is 13.2. The Bertz CT molecular complexity index is 325. The van der Waals surface area contributed by atoms with E-state index in [-0.39, 0.29) is 5.91 Å². The van der Waals surface area contributed by atoms with E-state index >= 15 is 0 Å². The van der Waals surface area contributed by atoms with Crippen LogP contribution in [0, 0.1) is 0 Å². The summed E-state index contributed by atoms with van der Waals surface area (Å²) in [7, 11) is 1.71. The first-order valence-corrected chi connectivity index (χ1v) is 6.12. The number of carbonyl (C=O) groups excluding carboxylic acids is 1. The maximum atomic E-state index is 11.9. The number of hydrogen-bond donors (Lipinski definition) is 2. The van der Waals surface area contributed by atoms with E-state index in [1.807, 2.05) is 17.5 Å². The second kappa shape index (κ2) is 5.98. The zero-order valence-electron chi connectivity index (χ0n) is 9.59. The van der Waals surface area contributed by atoms with E-state index in [0.29, 0.717) is 13.0 Å². The topological polar surface area (TPSA) is 66.6 Å². The van der Waals surface area contributed by atoms with Gasteiger partial charge in [-0.3, -0.25) is 4.79 Å². The summed E-state index contributed by atoms with van der Waals surface area (Å²) in [5, 5.41) is 11.0. The predicted octanol–water partition coefficient (Wildman–Crippen LogP) is 0.977. The molecule has 3 N–H and O–H groups in total. The Morgan fingerprint density at radius 3 is 2.88 bits per heavy atom. The molecule has 0 aliphatic carbocycles. The van der Waals surface area contributed by atoms with Crippen molar-refractivity contribution in [2.45, 2.75) is 25.5 Å². The van der Waals surface area contributed by atoms with Crippen LogP contribution in [0.1, 0.15) is 24.3 Å². The largest absolute Gasteiger partial charge is 0.393 e. The molecule has 1 heterocycles. The van der Waals surface area contributed by atoms with Crippen LogP contribution in [0.2, 0.25) is 0 Å². The van der Waals surface area contributed by atoms with E-state index < -0.39 is 12.1 Å². The number of nitrogens with zero attached hydrogens (tertiary/aromatic N) is 1. The number of rotatable bonds is 5. The van der Waals surface area contributed by atoms with Gasteiger partial charge in [0.25, 0.3) is 0 Å². The van der Waals surface area contributed by atoms with Gasteiger partial charge < -0.3 is 15.7 Å². The summed E-state index contributed by atoms with van der Waals surface area (Å²) in [5.74, 6) is -0.108. The highest BCUT2D eigenvalue weighted by Crippen LogP contribution is 2.18. The summed E-state index contributed by atoms with van der Waals surface area (Å²) < 4.78 is 0. The van der Waals surface area contributed by atoms with E-state index in [9.17, 15) is 4.79 Å². The van der Waals surface area contributed by atoms with Crippen LogP contribution in [-0.4, -0.2) is 35.6 Å². The van der Waals surface area contributed by atoms with Crippen LogP contribution in [0.15, 0.2) is 17.5 Å². The molecule has 90 valence electrons. The summed E-state index contributed by atoms with van der Waals surface area (Å²) in [4.78, 5) is 14.3. The van der Waals surface area contributed by atoms with Crippen molar-refractivity contribution in [1.29, 1.82) is 0 Å². The zero-order chi connectivity index (χ0) is 12.1. The number of likely N-dealkylation sites (N-methyl/N-ethyl adjacent to an activating group) is 1. The van der Waals surface area contributed by atoms with Gasteiger partial charge in [0, 0.05) is 18.5 Å². The summed E-state index contributed by atoms with van der Waals surface area (Å²) in [5.41, 5.74) is 5.85. The van der Waals surface area contributed by atoms with Gasteiger partial charge in [0.15, 0.2) is 0 Å². The minimum atomic E-state index is -0.584. The van der Waals surface area contributed by atoms with Crippen LogP contribution in [0.5, 0.6) is 0 Å². The minimum absolute atomic E-state index is 0.108. The second-order valence-corrected chi connectivity index (χ2v) is 4.87. The minimum Gasteiger partial charge on any atom is -0.393 e. The average molecular weight is 242 g/mol. The zero-order valence-corrected chi connectivity index (χ0v) is 10.4. The van der Waals surface area contributed by atoms with Crippen LogP contribution in [0.25, 0.3) is 0 Å². The van der Waals surface area contributed by atoms with Crippen molar-refractivity contribution < 1.29 is 9.90 Å². The van der Waals surface area contributed by atoms with Crippen molar-refractivity contribution in [3.63, 3.8) is 0 Å². The number of hydrogen-bond acceptors (Lipinski definition) is 4. The molecule has 0 fully saturated rings. The molecule has 0 aromatic carbocycles. The van der Waals surface area contributed by atoms with Crippen molar-refractivity contribution in [2.24, 2.45) is 5.73 Å². The standard InChI is InChI=1S/C11H18N2O2S/c1-8(14)5-6-13(2)11(15)10(12)9-4-3-7-16-9/h3-4,7-8,10,14H,5-6,12H2,1-2H3. The summed E-state index contributed by atoms with van der Waals surface area (Å²) in [6.07, 6.45) is 0.174. The van der Waals surface area contributed by atoms with Gasteiger partial charge in [0.2, 0.25) is 5.91 Å². The third-order valence-electron chi connectivity index (χ3n) is 2.37. The van der Waals surface area contributed by atoms with Crippen molar-refractivity contribution >= 4 is 17.2 Å². The molecule has 1 amide bonds. The summed E-state index contributed by atoms with van der Waals surface area (Å²) in [6.45, 7) is 2.23. The van der Waals surface area contributed by atoms with E-state index in [0.717, 1.165) is 4.88 Å². The number of carbonyl (C=O) groups is 1. The molecular formula is C11H18N2O2S. The lowest BCUT2D eigenvalue weighted by atomic mass is 10.2. The Balaban J connectivity index is 2.50. The molecule has 1 aromatic rings. The van der Waals surface area contributed by atoms with E-state index in [1.54, 1.807) is 18.9 Å². The van der Waals surface area contributed by atoms with Gasteiger partial charge in [-0.2, -0.15) is 0 Å². The van der Waals surface area contributed by atoms with Gasteiger partial charge in [-0.25, -0.2) is 0 Å². The van der Waals surface area contributed by atoms with Crippen molar-refractivity contribution in [2.75, 3.05) is 13.6 Å². The highest BCUT2D eigenvalue weighted by molar-refractivity contribution is 7.10. The normalized spacial score (nSPS) is 14.5. The van der Waals surface area contributed by atoms with Gasteiger partial charge in [-0.1, -0.05) is 6.07 Å². The first-order valence-electron chi connectivity index (χ1n) is 5.24. The van der Waals surface area contributed by atoms with Crippen LogP contribution in [-0.2, 0) is 4.79 Å². The van der Waals surface area contributed by atoms with Crippen LogP contribution in [0.3, 0.4) is 0 Å². The fourth-order valence-corrected chi connectivity index (χ4v) is 2.04. The molecule has 0 aliphatic rings. The lowest BCUT2D eigenvalue weighted by Gasteiger charge is -2.21. The molecular weight excluding hydrogens is 224 g/mol. The fourth-order valence-electron chi connectivity index (χ4n) is 1.32. The number of amides is 1. The molecule has 4 nitrogen and oxygen atoms in total. The van der Waals surface area contributed by atoms with Gasteiger partial charge in [0.1, 0.15) is 6.04 Å². The van der Waals surface area contributed by atoms with Gasteiger partial charge >= 0.3 is 0 Å². The lowest BCUT2D eigenvalue weighted by Crippen LogP contribution is -2.36. The molecule has 1 aromatic heterocycles. The van der Waals surface area contributed by atoms with Gasteiger partial charge in [-0.15, -0.1) is 11.3 Å². The smallest absolute Gasteiger partial charge is 0.244 e. The second-order valence-electron chi connectivity index (χ2n) is 3.89. The van der Waals surface area contributed by atoms with E-state index in [4.69, 9.17) is 10.8 Å². The molecule has 16 heavy (non-hydrogen) atoms. The Hall–Kier alpha value is -0.910. The van der Waals surface area contributed by atoms with Crippen LogP contribution >= 0.6 is 11.3 Å². The highest BCUT2D eigenvalue weighted by atomic mass is 32.1. The van der Waals surface area contributed by atoms with Crippen molar-refractivity contribution in [1.82, 2.24) is 4.90 Å². The van der Waals surface area contributed by atoms with Crippen LogP contribution < -0.4 is 5.73 Å². The van der Waals surface area contributed by atoms with Gasteiger partial charge in [-0.05, 0) is 24.8 Å². The number of thiophene rings is 1. The average Bonchev–Trinajstić information content (AvgIpc) is 2.77.